The van der Waals surface area contributed by atoms with Crippen LogP contribution in [0.3, 0.4) is 0 Å². The topological polar surface area (TPSA) is 87.0 Å². The summed E-state index contributed by atoms with van der Waals surface area (Å²) in [5.41, 5.74) is 8.94. The fourth-order valence-corrected chi connectivity index (χ4v) is 2.12. The maximum absolute atomic E-state index is 10.8. The Balaban J connectivity index is 2.40. The van der Waals surface area contributed by atoms with Gasteiger partial charge in [0, 0.05) is 23.4 Å². The van der Waals surface area contributed by atoms with Gasteiger partial charge in [0.2, 0.25) is 0 Å². The molecule has 0 fully saturated rings. The molecule has 0 unspecified atom stereocenters. The van der Waals surface area contributed by atoms with Gasteiger partial charge in [-0.3, -0.25) is 14.8 Å². The molecule has 1 aromatic carbocycles. The maximum Gasteiger partial charge on any atom is 0.269 e. The lowest BCUT2D eigenvalue weighted by Gasteiger charge is -2.07. The van der Waals surface area contributed by atoms with Crippen LogP contribution in [0.2, 0.25) is 0 Å². The number of aryl methyl sites for hydroxylation is 1. The van der Waals surface area contributed by atoms with E-state index in [2.05, 4.69) is 21.0 Å². The number of halogens is 1. The molecule has 0 saturated carbocycles. The standard InChI is InChI=1S/C12H13BrN4O2/c1-7-12(13)8(2)16(15-7)6-9-5-10(17(18)19)3-4-11(9)14/h3-5H,6,14H2,1-2H3. The summed E-state index contributed by atoms with van der Waals surface area (Å²) in [6.07, 6.45) is 0. The van der Waals surface area contributed by atoms with Crippen LogP contribution < -0.4 is 5.73 Å². The van der Waals surface area contributed by atoms with Crippen LogP contribution in [-0.4, -0.2) is 14.7 Å². The molecule has 19 heavy (non-hydrogen) atoms. The molecular weight excluding hydrogens is 312 g/mol. The van der Waals surface area contributed by atoms with Crippen LogP contribution in [0.1, 0.15) is 17.0 Å². The first kappa shape index (κ1) is 13.5. The largest absolute Gasteiger partial charge is 0.398 e. The third-order valence-corrected chi connectivity index (χ3v) is 4.10. The molecule has 6 nitrogen and oxygen atoms in total. The molecule has 0 amide bonds. The highest BCUT2D eigenvalue weighted by molar-refractivity contribution is 9.10. The van der Waals surface area contributed by atoms with Gasteiger partial charge in [-0.05, 0) is 35.8 Å². The smallest absolute Gasteiger partial charge is 0.269 e. The minimum atomic E-state index is -0.431. The van der Waals surface area contributed by atoms with Crippen molar-refractivity contribution in [2.45, 2.75) is 20.4 Å². The van der Waals surface area contributed by atoms with Crippen molar-refractivity contribution in [2.75, 3.05) is 5.73 Å². The number of aromatic nitrogens is 2. The van der Waals surface area contributed by atoms with E-state index in [0.717, 1.165) is 15.9 Å². The van der Waals surface area contributed by atoms with Crippen molar-refractivity contribution in [3.05, 3.63) is 49.7 Å². The van der Waals surface area contributed by atoms with Crippen LogP contribution in [0.15, 0.2) is 22.7 Å². The average molecular weight is 325 g/mol. The number of nitro groups is 1. The van der Waals surface area contributed by atoms with Crippen molar-refractivity contribution in [1.29, 1.82) is 0 Å². The molecule has 7 heteroatoms. The molecule has 0 aliphatic carbocycles. The van der Waals surface area contributed by atoms with E-state index in [4.69, 9.17) is 5.73 Å². The molecule has 1 aromatic heterocycles. The van der Waals surface area contributed by atoms with Crippen molar-refractivity contribution < 1.29 is 4.92 Å². The first-order valence-electron chi connectivity index (χ1n) is 5.62. The van der Waals surface area contributed by atoms with Gasteiger partial charge in [-0.15, -0.1) is 0 Å². The quantitative estimate of drug-likeness (QED) is 0.534. The Labute approximate surface area is 118 Å². The zero-order valence-electron chi connectivity index (χ0n) is 10.6. The summed E-state index contributed by atoms with van der Waals surface area (Å²) in [7, 11) is 0. The minimum absolute atomic E-state index is 0.0322. The van der Waals surface area contributed by atoms with Gasteiger partial charge in [-0.1, -0.05) is 0 Å². The molecule has 0 aliphatic heterocycles. The molecule has 0 atom stereocenters. The van der Waals surface area contributed by atoms with Crippen LogP contribution in [-0.2, 0) is 6.54 Å². The molecule has 0 aliphatic rings. The summed E-state index contributed by atoms with van der Waals surface area (Å²) in [5, 5.41) is 15.1. The Morgan fingerprint density at radius 1 is 1.47 bits per heavy atom. The molecule has 0 saturated heterocycles. The van der Waals surface area contributed by atoms with Crippen LogP contribution in [0, 0.1) is 24.0 Å². The molecular formula is C12H13BrN4O2. The number of benzene rings is 1. The summed E-state index contributed by atoms with van der Waals surface area (Å²) in [6.45, 7) is 4.23. The number of hydrogen-bond donors (Lipinski definition) is 1. The average Bonchev–Trinajstić information content (AvgIpc) is 2.59. The number of non-ortho nitro benzene ring substituents is 1. The van der Waals surface area contributed by atoms with Crippen LogP contribution in [0.4, 0.5) is 11.4 Å². The van der Waals surface area contributed by atoms with E-state index < -0.39 is 4.92 Å². The van der Waals surface area contributed by atoms with Crippen molar-refractivity contribution in [1.82, 2.24) is 9.78 Å². The summed E-state index contributed by atoms with van der Waals surface area (Å²) >= 11 is 3.45. The van der Waals surface area contributed by atoms with Crippen LogP contribution >= 0.6 is 15.9 Å². The monoisotopic (exact) mass is 324 g/mol. The van der Waals surface area contributed by atoms with Gasteiger partial charge in [0.25, 0.3) is 5.69 Å². The lowest BCUT2D eigenvalue weighted by Crippen LogP contribution is -2.07. The summed E-state index contributed by atoms with van der Waals surface area (Å²) < 4.78 is 2.71. The number of nitrogens with two attached hydrogens (primary N) is 1. The molecule has 100 valence electrons. The second-order valence-corrected chi connectivity index (χ2v) is 5.08. The molecule has 1 heterocycles. The number of nitrogens with zero attached hydrogens (tertiary/aromatic N) is 3. The SMILES string of the molecule is Cc1nn(Cc2cc([N+](=O)[O-])ccc2N)c(C)c1Br. The Morgan fingerprint density at radius 3 is 2.68 bits per heavy atom. The lowest BCUT2D eigenvalue weighted by atomic mass is 10.1. The fourth-order valence-electron chi connectivity index (χ4n) is 1.83. The van der Waals surface area contributed by atoms with Crippen molar-refractivity contribution in [3.63, 3.8) is 0 Å². The minimum Gasteiger partial charge on any atom is -0.398 e. The van der Waals surface area contributed by atoms with Gasteiger partial charge in [-0.25, -0.2) is 0 Å². The second-order valence-electron chi connectivity index (χ2n) is 4.28. The predicted octanol–water partition coefficient (Wildman–Crippen LogP) is 2.80. The van der Waals surface area contributed by atoms with Gasteiger partial charge < -0.3 is 5.73 Å². The number of anilines is 1. The van der Waals surface area contributed by atoms with Crippen LogP contribution in [0.5, 0.6) is 0 Å². The first-order valence-corrected chi connectivity index (χ1v) is 6.41. The summed E-state index contributed by atoms with van der Waals surface area (Å²) in [4.78, 5) is 10.3. The molecule has 2 rings (SSSR count). The fraction of sp³-hybridized carbons (Fsp3) is 0.250. The highest BCUT2D eigenvalue weighted by Crippen LogP contribution is 2.24. The Kier molecular flexibility index (Phi) is 3.57. The zero-order valence-corrected chi connectivity index (χ0v) is 12.1. The normalized spacial score (nSPS) is 10.7. The maximum atomic E-state index is 10.8. The van der Waals surface area contributed by atoms with E-state index in [1.807, 2.05) is 13.8 Å². The Hall–Kier alpha value is -1.89. The van der Waals surface area contributed by atoms with Gasteiger partial charge in [-0.2, -0.15) is 5.10 Å². The molecule has 2 N–H and O–H groups in total. The van der Waals surface area contributed by atoms with E-state index in [9.17, 15) is 10.1 Å². The van der Waals surface area contributed by atoms with E-state index in [1.165, 1.54) is 12.1 Å². The Bertz CT molecular complexity index is 651. The van der Waals surface area contributed by atoms with E-state index in [-0.39, 0.29) is 5.69 Å². The van der Waals surface area contributed by atoms with Crippen molar-refractivity contribution in [2.24, 2.45) is 0 Å². The predicted molar refractivity (Wildman–Crippen MR) is 76.0 cm³/mol. The van der Waals surface area contributed by atoms with Gasteiger partial charge >= 0.3 is 0 Å². The summed E-state index contributed by atoms with van der Waals surface area (Å²) in [6, 6.07) is 4.43. The third-order valence-electron chi connectivity index (χ3n) is 2.95. The number of nitrogen functional groups attached to an aromatic ring is 1. The zero-order chi connectivity index (χ0) is 14.2. The van der Waals surface area contributed by atoms with E-state index >= 15 is 0 Å². The van der Waals surface area contributed by atoms with Crippen molar-refractivity contribution in [3.8, 4) is 0 Å². The molecule has 0 bridgehead atoms. The highest BCUT2D eigenvalue weighted by Gasteiger charge is 2.13. The van der Waals surface area contributed by atoms with E-state index in [1.54, 1.807) is 10.7 Å². The number of hydrogen-bond acceptors (Lipinski definition) is 4. The Morgan fingerprint density at radius 2 is 2.16 bits per heavy atom. The van der Waals surface area contributed by atoms with Gasteiger partial charge in [0.15, 0.2) is 0 Å². The molecule has 2 aromatic rings. The van der Waals surface area contributed by atoms with E-state index in [0.29, 0.717) is 17.8 Å². The first-order chi connectivity index (χ1) is 8.90. The highest BCUT2D eigenvalue weighted by atomic mass is 79.9. The van der Waals surface area contributed by atoms with Gasteiger partial charge in [0.1, 0.15) is 0 Å². The van der Waals surface area contributed by atoms with Crippen LogP contribution in [0.25, 0.3) is 0 Å². The lowest BCUT2D eigenvalue weighted by molar-refractivity contribution is -0.384. The second kappa shape index (κ2) is 5.00. The molecule has 0 radical (unpaired) electrons. The molecule has 0 spiro atoms. The number of rotatable bonds is 3. The number of nitro benzene ring substituents is 1. The summed E-state index contributed by atoms with van der Waals surface area (Å²) in [5.74, 6) is 0. The third kappa shape index (κ3) is 2.60. The van der Waals surface area contributed by atoms with Crippen molar-refractivity contribution >= 4 is 27.3 Å². The van der Waals surface area contributed by atoms with Gasteiger partial charge in [0.05, 0.1) is 27.3 Å².